The summed E-state index contributed by atoms with van der Waals surface area (Å²) in [5, 5.41) is 3.78. The number of benzene rings is 2. The Morgan fingerprint density at radius 2 is 1.93 bits per heavy atom. The van der Waals surface area contributed by atoms with Crippen LogP contribution in [0.25, 0.3) is 11.3 Å². The summed E-state index contributed by atoms with van der Waals surface area (Å²) in [6, 6.07) is 11.5. The molecular formula is C21H19FN4O3. The van der Waals surface area contributed by atoms with Crippen LogP contribution in [0, 0.1) is 5.82 Å². The smallest absolute Gasteiger partial charge is 0.291 e. The average molecular weight is 394 g/mol. The van der Waals surface area contributed by atoms with E-state index >= 15 is 0 Å². The molecule has 7 nitrogen and oxygen atoms in total. The standard InChI is InChI=1S/C21H19FN4O3/c1-3-29-16-6-4-14(5-7-16)19-12-23-13-20(25-19)21(27)26-24-11-15-10-17(28-2)8-9-18(15)22/h4-13H,3H2,1-2H3,(H,26,27)/b24-11+. The summed E-state index contributed by atoms with van der Waals surface area (Å²) in [5.74, 6) is 0.177. The molecule has 29 heavy (non-hydrogen) atoms. The fraction of sp³-hybridized carbons (Fsp3) is 0.143. The van der Waals surface area contributed by atoms with Crippen molar-refractivity contribution in [2.75, 3.05) is 13.7 Å². The second-order valence-electron chi connectivity index (χ2n) is 5.83. The van der Waals surface area contributed by atoms with E-state index in [2.05, 4.69) is 20.5 Å². The van der Waals surface area contributed by atoms with Gasteiger partial charge in [0.15, 0.2) is 0 Å². The second-order valence-corrected chi connectivity index (χ2v) is 5.83. The van der Waals surface area contributed by atoms with Crippen LogP contribution in [0.4, 0.5) is 4.39 Å². The Morgan fingerprint density at radius 3 is 2.66 bits per heavy atom. The number of ether oxygens (including phenoxy) is 2. The van der Waals surface area contributed by atoms with Crippen molar-refractivity contribution in [1.82, 2.24) is 15.4 Å². The van der Waals surface area contributed by atoms with E-state index in [1.807, 2.05) is 31.2 Å². The van der Waals surface area contributed by atoms with Crippen molar-refractivity contribution in [3.63, 3.8) is 0 Å². The second kappa shape index (κ2) is 9.41. The number of aromatic nitrogens is 2. The van der Waals surface area contributed by atoms with E-state index in [4.69, 9.17) is 9.47 Å². The molecule has 0 radical (unpaired) electrons. The van der Waals surface area contributed by atoms with E-state index in [-0.39, 0.29) is 11.3 Å². The summed E-state index contributed by atoms with van der Waals surface area (Å²) < 4.78 is 24.2. The topological polar surface area (TPSA) is 85.7 Å². The number of nitrogens with one attached hydrogen (secondary N) is 1. The van der Waals surface area contributed by atoms with Gasteiger partial charge in [0.05, 0.1) is 38.0 Å². The molecule has 1 heterocycles. The lowest BCUT2D eigenvalue weighted by Crippen LogP contribution is -2.19. The van der Waals surface area contributed by atoms with Crippen LogP contribution in [0.5, 0.6) is 11.5 Å². The van der Waals surface area contributed by atoms with Crippen molar-refractivity contribution in [3.8, 4) is 22.8 Å². The first-order chi connectivity index (χ1) is 14.1. The van der Waals surface area contributed by atoms with E-state index < -0.39 is 11.7 Å². The van der Waals surface area contributed by atoms with Gasteiger partial charge in [-0.3, -0.25) is 9.78 Å². The number of methoxy groups -OCH3 is 1. The molecule has 2 aromatic carbocycles. The molecule has 0 aliphatic rings. The van der Waals surface area contributed by atoms with Crippen molar-refractivity contribution < 1.29 is 18.7 Å². The molecule has 0 atom stereocenters. The van der Waals surface area contributed by atoms with Crippen LogP contribution in [0.1, 0.15) is 23.0 Å². The molecule has 148 valence electrons. The fourth-order valence-electron chi connectivity index (χ4n) is 2.47. The van der Waals surface area contributed by atoms with Crippen LogP contribution in [0.15, 0.2) is 60.0 Å². The molecule has 0 aliphatic carbocycles. The number of halogens is 1. The number of rotatable bonds is 7. The minimum Gasteiger partial charge on any atom is -0.497 e. The Balaban J connectivity index is 1.71. The predicted molar refractivity (Wildman–Crippen MR) is 107 cm³/mol. The summed E-state index contributed by atoms with van der Waals surface area (Å²) in [7, 11) is 1.48. The number of hydrazone groups is 1. The maximum atomic E-state index is 13.8. The molecule has 0 spiro atoms. The van der Waals surface area contributed by atoms with Crippen molar-refractivity contribution in [1.29, 1.82) is 0 Å². The van der Waals surface area contributed by atoms with Gasteiger partial charge >= 0.3 is 0 Å². The monoisotopic (exact) mass is 394 g/mol. The van der Waals surface area contributed by atoms with Crippen LogP contribution in [0.3, 0.4) is 0 Å². The highest BCUT2D eigenvalue weighted by Crippen LogP contribution is 2.20. The van der Waals surface area contributed by atoms with Gasteiger partial charge < -0.3 is 9.47 Å². The van der Waals surface area contributed by atoms with E-state index in [1.165, 1.54) is 37.7 Å². The number of carbonyl (C=O) groups excluding carboxylic acids is 1. The minimum atomic E-state index is -0.565. The third-order valence-corrected chi connectivity index (χ3v) is 3.90. The zero-order chi connectivity index (χ0) is 20.6. The zero-order valence-corrected chi connectivity index (χ0v) is 15.9. The third kappa shape index (κ3) is 5.13. The van der Waals surface area contributed by atoms with Crippen molar-refractivity contribution in [2.24, 2.45) is 5.10 Å². The molecular weight excluding hydrogens is 375 g/mol. The normalized spacial score (nSPS) is 10.7. The number of hydrogen-bond donors (Lipinski definition) is 1. The third-order valence-electron chi connectivity index (χ3n) is 3.90. The van der Waals surface area contributed by atoms with Gasteiger partial charge in [0.2, 0.25) is 0 Å². The highest BCUT2D eigenvalue weighted by atomic mass is 19.1. The Morgan fingerprint density at radius 1 is 1.17 bits per heavy atom. The van der Waals surface area contributed by atoms with Crippen LogP contribution in [0.2, 0.25) is 0 Å². The molecule has 0 aliphatic heterocycles. The Hall–Kier alpha value is -3.81. The van der Waals surface area contributed by atoms with Gasteiger partial charge in [0.25, 0.3) is 5.91 Å². The molecule has 1 amide bonds. The number of nitrogens with zero attached hydrogens (tertiary/aromatic N) is 3. The Bertz CT molecular complexity index is 1020. The highest BCUT2D eigenvalue weighted by molar-refractivity contribution is 5.93. The van der Waals surface area contributed by atoms with Crippen LogP contribution in [-0.2, 0) is 0 Å². The van der Waals surface area contributed by atoms with Gasteiger partial charge in [-0.15, -0.1) is 0 Å². The largest absolute Gasteiger partial charge is 0.497 e. The molecule has 3 aromatic rings. The van der Waals surface area contributed by atoms with Crippen LogP contribution < -0.4 is 14.9 Å². The molecule has 3 rings (SSSR count). The van der Waals surface area contributed by atoms with Gasteiger partial charge in [-0.2, -0.15) is 5.10 Å². The average Bonchev–Trinajstić information content (AvgIpc) is 2.76. The van der Waals surface area contributed by atoms with Gasteiger partial charge in [0.1, 0.15) is 23.0 Å². The summed E-state index contributed by atoms with van der Waals surface area (Å²) in [6.45, 7) is 2.49. The van der Waals surface area contributed by atoms with E-state index in [0.717, 1.165) is 11.3 Å². The molecule has 8 heteroatoms. The summed E-state index contributed by atoms with van der Waals surface area (Å²) >= 11 is 0. The van der Waals surface area contributed by atoms with Gasteiger partial charge in [-0.1, -0.05) is 0 Å². The molecule has 0 fully saturated rings. The van der Waals surface area contributed by atoms with E-state index in [9.17, 15) is 9.18 Å². The first-order valence-electron chi connectivity index (χ1n) is 8.83. The van der Waals surface area contributed by atoms with Crippen LogP contribution >= 0.6 is 0 Å². The van der Waals surface area contributed by atoms with E-state index in [0.29, 0.717) is 18.1 Å². The van der Waals surface area contributed by atoms with Crippen molar-refractivity contribution in [3.05, 3.63) is 71.9 Å². The van der Waals surface area contributed by atoms with Gasteiger partial charge in [-0.05, 0) is 49.4 Å². The van der Waals surface area contributed by atoms with Crippen LogP contribution in [-0.4, -0.2) is 35.8 Å². The fourth-order valence-corrected chi connectivity index (χ4v) is 2.47. The quantitative estimate of drug-likeness (QED) is 0.490. The van der Waals surface area contributed by atoms with Gasteiger partial charge in [0, 0.05) is 11.1 Å². The summed E-state index contributed by atoms with van der Waals surface area (Å²) in [4.78, 5) is 20.7. The molecule has 0 unspecified atom stereocenters. The lowest BCUT2D eigenvalue weighted by Gasteiger charge is -2.06. The lowest BCUT2D eigenvalue weighted by molar-refractivity contribution is 0.0950. The lowest BCUT2D eigenvalue weighted by atomic mass is 10.1. The SMILES string of the molecule is CCOc1ccc(-c2cncc(C(=O)N/N=C/c3cc(OC)ccc3F)n2)cc1. The first-order valence-corrected chi connectivity index (χ1v) is 8.83. The Kier molecular flexibility index (Phi) is 6.47. The van der Waals surface area contributed by atoms with Crippen molar-refractivity contribution >= 4 is 12.1 Å². The zero-order valence-electron chi connectivity index (χ0n) is 15.9. The van der Waals surface area contributed by atoms with Gasteiger partial charge in [-0.25, -0.2) is 14.8 Å². The van der Waals surface area contributed by atoms with E-state index in [1.54, 1.807) is 6.20 Å². The first kappa shape index (κ1) is 19.9. The molecule has 0 saturated carbocycles. The predicted octanol–water partition coefficient (Wildman–Crippen LogP) is 3.45. The summed E-state index contributed by atoms with van der Waals surface area (Å²) in [5.41, 5.74) is 3.90. The number of hydrogen-bond acceptors (Lipinski definition) is 6. The molecule has 1 N–H and O–H groups in total. The maximum absolute atomic E-state index is 13.8. The highest BCUT2D eigenvalue weighted by Gasteiger charge is 2.10. The Labute approximate surface area is 167 Å². The summed E-state index contributed by atoms with van der Waals surface area (Å²) in [6.07, 6.45) is 4.08. The molecule has 1 aromatic heterocycles. The molecule has 0 bridgehead atoms. The maximum Gasteiger partial charge on any atom is 0.291 e. The molecule has 0 saturated heterocycles. The minimum absolute atomic E-state index is 0.0830. The number of carbonyl (C=O) groups is 1. The van der Waals surface area contributed by atoms with Crippen molar-refractivity contribution in [2.45, 2.75) is 6.92 Å². The number of amides is 1.